The van der Waals surface area contributed by atoms with Crippen LogP contribution in [-0.2, 0) is 6.54 Å². The van der Waals surface area contributed by atoms with Crippen molar-refractivity contribution >= 4 is 11.9 Å². The van der Waals surface area contributed by atoms with E-state index in [0.717, 1.165) is 11.3 Å². The van der Waals surface area contributed by atoms with Crippen molar-refractivity contribution in [3.8, 4) is 5.75 Å². The first kappa shape index (κ1) is 13.8. The van der Waals surface area contributed by atoms with E-state index in [1.807, 2.05) is 36.2 Å². The van der Waals surface area contributed by atoms with Gasteiger partial charge in [0, 0.05) is 31.5 Å². The lowest BCUT2D eigenvalue weighted by molar-refractivity contribution is 0.0696. The lowest BCUT2D eigenvalue weighted by atomic mass is 10.2. The Labute approximate surface area is 116 Å². The monoisotopic (exact) mass is 273 g/mol. The number of para-hydroxylation sites is 1. The number of anilines is 1. The molecule has 6 heteroatoms. The maximum absolute atomic E-state index is 10.7. The molecule has 0 aliphatic heterocycles. The molecule has 0 radical (unpaired) electrons. The van der Waals surface area contributed by atoms with Crippen LogP contribution in [0.5, 0.6) is 5.75 Å². The highest BCUT2D eigenvalue weighted by atomic mass is 16.5. The topological polar surface area (TPSA) is 75.5 Å². The minimum Gasteiger partial charge on any atom is -0.496 e. The van der Waals surface area contributed by atoms with Gasteiger partial charge < -0.3 is 14.7 Å². The number of aromatic carboxylic acids is 1. The minimum absolute atomic E-state index is 0.0689. The summed E-state index contributed by atoms with van der Waals surface area (Å²) >= 11 is 0. The Kier molecular flexibility index (Phi) is 4.14. The van der Waals surface area contributed by atoms with Gasteiger partial charge in [0.05, 0.1) is 12.7 Å². The van der Waals surface area contributed by atoms with Crippen molar-refractivity contribution in [3.05, 3.63) is 47.8 Å². The number of ether oxygens (including phenoxy) is 1. The van der Waals surface area contributed by atoms with Gasteiger partial charge in [0.2, 0.25) is 5.95 Å². The van der Waals surface area contributed by atoms with E-state index in [1.54, 1.807) is 7.11 Å². The standard InChI is InChI=1S/C14H15N3O3/c1-17(9-10-5-3-4-6-12(10)20-2)14-15-7-11(8-16-14)13(18)19/h3-8H,9H2,1-2H3,(H,18,19). The highest BCUT2D eigenvalue weighted by Gasteiger charge is 2.10. The van der Waals surface area contributed by atoms with E-state index in [-0.39, 0.29) is 5.56 Å². The third-order valence-electron chi connectivity index (χ3n) is 2.83. The predicted octanol–water partition coefficient (Wildman–Crippen LogP) is 1.82. The average molecular weight is 273 g/mol. The maximum Gasteiger partial charge on any atom is 0.338 e. The summed E-state index contributed by atoms with van der Waals surface area (Å²) < 4.78 is 5.29. The number of hydrogen-bond donors (Lipinski definition) is 1. The molecule has 0 fully saturated rings. The Morgan fingerprint density at radius 1 is 1.30 bits per heavy atom. The normalized spacial score (nSPS) is 10.1. The summed E-state index contributed by atoms with van der Waals surface area (Å²) in [4.78, 5) is 20.7. The van der Waals surface area contributed by atoms with Gasteiger partial charge in [-0.25, -0.2) is 14.8 Å². The lowest BCUT2D eigenvalue weighted by Gasteiger charge is -2.18. The summed E-state index contributed by atoms with van der Waals surface area (Å²) in [5.74, 6) is 0.214. The largest absolute Gasteiger partial charge is 0.496 e. The molecule has 0 aliphatic rings. The second-order valence-electron chi connectivity index (χ2n) is 4.24. The Morgan fingerprint density at radius 3 is 2.55 bits per heavy atom. The summed E-state index contributed by atoms with van der Waals surface area (Å²) in [6, 6.07) is 7.68. The molecule has 1 aromatic heterocycles. The first-order valence-corrected chi connectivity index (χ1v) is 6.00. The van der Waals surface area contributed by atoms with Gasteiger partial charge in [-0.15, -0.1) is 0 Å². The molecule has 0 saturated heterocycles. The molecule has 1 aromatic carbocycles. The molecule has 2 rings (SSSR count). The SMILES string of the molecule is COc1ccccc1CN(C)c1ncc(C(=O)O)cn1. The van der Waals surface area contributed by atoms with Gasteiger partial charge in [-0.05, 0) is 6.07 Å². The molecule has 0 spiro atoms. The smallest absolute Gasteiger partial charge is 0.338 e. The van der Waals surface area contributed by atoms with E-state index < -0.39 is 5.97 Å². The number of hydrogen-bond acceptors (Lipinski definition) is 5. The van der Waals surface area contributed by atoms with Gasteiger partial charge in [-0.1, -0.05) is 18.2 Å². The van der Waals surface area contributed by atoms with Crippen molar-refractivity contribution in [1.29, 1.82) is 0 Å². The van der Waals surface area contributed by atoms with Crippen LogP contribution in [0.4, 0.5) is 5.95 Å². The third kappa shape index (κ3) is 3.03. The van der Waals surface area contributed by atoms with Crippen LogP contribution in [0.3, 0.4) is 0 Å². The molecule has 104 valence electrons. The van der Waals surface area contributed by atoms with E-state index in [0.29, 0.717) is 12.5 Å². The summed E-state index contributed by atoms with van der Waals surface area (Å²) in [6.07, 6.45) is 2.59. The molecule has 2 aromatic rings. The number of carboxylic acid groups (broad SMARTS) is 1. The van der Waals surface area contributed by atoms with Gasteiger partial charge in [0.1, 0.15) is 5.75 Å². The quantitative estimate of drug-likeness (QED) is 0.895. The Morgan fingerprint density at radius 2 is 1.95 bits per heavy atom. The van der Waals surface area contributed by atoms with Crippen LogP contribution in [-0.4, -0.2) is 35.2 Å². The molecule has 0 atom stereocenters. The fourth-order valence-electron chi connectivity index (χ4n) is 1.79. The van der Waals surface area contributed by atoms with Crippen LogP contribution in [0.25, 0.3) is 0 Å². The predicted molar refractivity (Wildman–Crippen MR) is 74.1 cm³/mol. The fourth-order valence-corrected chi connectivity index (χ4v) is 1.79. The van der Waals surface area contributed by atoms with E-state index in [4.69, 9.17) is 9.84 Å². The van der Waals surface area contributed by atoms with Crippen molar-refractivity contribution in [2.24, 2.45) is 0 Å². The summed E-state index contributed by atoms with van der Waals surface area (Å²) in [5.41, 5.74) is 1.07. The van der Waals surface area contributed by atoms with Gasteiger partial charge in [-0.3, -0.25) is 0 Å². The Balaban J connectivity index is 2.15. The molecular formula is C14H15N3O3. The molecular weight excluding hydrogens is 258 g/mol. The van der Waals surface area contributed by atoms with Crippen LogP contribution in [0.1, 0.15) is 15.9 Å². The van der Waals surface area contributed by atoms with Crippen LogP contribution < -0.4 is 9.64 Å². The van der Waals surface area contributed by atoms with Crippen LogP contribution >= 0.6 is 0 Å². The summed E-state index contributed by atoms with van der Waals surface area (Å²) in [5, 5.41) is 8.81. The third-order valence-corrected chi connectivity index (χ3v) is 2.83. The molecule has 0 unspecified atom stereocenters. The minimum atomic E-state index is -1.04. The fraction of sp³-hybridized carbons (Fsp3) is 0.214. The van der Waals surface area contributed by atoms with Crippen LogP contribution in [0.15, 0.2) is 36.7 Å². The van der Waals surface area contributed by atoms with Crippen molar-refractivity contribution in [2.45, 2.75) is 6.54 Å². The molecule has 1 heterocycles. The van der Waals surface area contributed by atoms with Gasteiger partial charge >= 0.3 is 5.97 Å². The van der Waals surface area contributed by atoms with E-state index in [1.165, 1.54) is 12.4 Å². The lowest BCUT2D eigenvalue weighted by Crippen LogP contribution is -2.19. The molecule has 0 amide bonds. The highest BCUT2D eigenvalue weighted by molar-refractivity contribution is 5.86. The maximum atomic E-state index is 10.7. The average Bonchev–Trinajstić information content (AvgIpc) is 2.48. The van der Waals surface area contributed by atoms with E-state index in [9.17, 15) is 4.79 Å². The molecule has 20 heavy (non-hydrogen) atoms. The number of carbonyl (C=O) groups is 1. The number of benzene rings is 1. The van der Waals surface area contributed by atoms with Gasteiger partial charge in [-0.2, -0.15) is 0 Å². The first-order valence-electron chi connectivity index (χ1n) is 6.00. The van der Waals surface area contributed by atoms with Gasteiger partial charge in [0.15, 0.2) is 0 Å². The zero-order chi connectivity index (χ0) is 14.5. The van der Waals surface area contributed by atoms with Crippen molar-refractivity contribution in [2.75, 3.05) is 19.1 Å². The van der Waals surface area contributed by atoms with Crippen molar-refractivity contribution in [3.63, 3.8) is 0 Å². The molecule has 0 saturated carbocycles. The molecule has 1 N–H and O–H groups in total. The second-order valence-corrected chi connectivity index (χ2v) is 4.24. The van der Waals surface area contributed by atoms with Gasteiger partial charge in [0.25, 0.3) is 0 Å². The molecule has 0 bridgehead atoms. The number of aromatic nitrogens is 2. The Hall–Kier alpha value is -2.63. The molecule has 6 nitrogen and oxygen atoms in total. The zero-order valence-corrected chi connectivity index (χ0v) is 11.3. The second kappa shape index (κ2) is 6.01. The number of carboxylic acids is 1. The Bertz CT molecular complexity index is 599. The van der Waals surface area contributed by atoms with Crippen molar-refractivity contribution in [1.82, 2.24) is 9.97 Å². The van der Waals surface area contributed by atoms with Crippen molar-refractivity contribution < 1.29 is 14.6 Å². The molecule has 0 aliphatic carbocycles. The first-order chi connectivity index (χ1) is 9.61. The van der Waals surface area contributed by atoms with Crippen LogP contribution in [0, 0.1) is 0 Å². The van der Waals surface area contributed by atoms with E-state index >= 15 is 0 Å². The summed E-state index contributed by atoms with van der Waals surface area (Å²) in [7, 11) is 3.46. The number of rotatable bonds is 5. The highest BCUT2D eigenvalue weighted by Crippen LogP contribution is 2.20. The van der Waals surface area contributed by atoms with Crippen LogP contribution in [0.2, 0.25) is 0 Å². The number of methoxy groups -OCH3 is 1. The number of nitrogens with zero attached hydrogens (tertiary/aromatic N) is 3. The summed E-state index contributed by atoms with van der Waals surface area (Å²) in [6.45, 7) is 0.566. The van der Waals surface area contributed by atoms with E-state index in [2.05, 4.69) is 9.97 Å². The zero-order valence-electron chi connectivity index (χ0n) is 11.3.